The van der Waals surface area contributed by atoms with E-state index in [2.05, 4.69) is 5.48 Å². The van der Waals surface area contributed by atoms with Gasteiger partial charge in [-0.2, -0.15) is 5.48 Å². The minimum absolute atomic E-state index is 0.0407. The molecule has 182 valence electrons. The summed E-state index contributed by atoms with van der Waals surface area (Å²) in [6.45, 7) is 1.89. The van der Waals surface area contributed by atoms with Crippen molar-refractivity contribution in [3.05, 3.63) is 108 Å². The van der Waals surface area contributed by atoms with Gasteiger partial charge in [0.25, 0.3) is 0 Å². The molecule has 1 atom stereocenters. The second-order valence-corrected chi connectivity index (χ2v) is 8.94. The van der Waals surface area contributed by atoms with Crippen molar-refractivity contribution >= 4 is 5.97 Å². The first-order valence-electron chi connectivity index (χ1n) is 11.8. The third-order valence-corrected chi connectivity index (χ3v) is 6.26. The molecule has 6 nitrogen and oxygen atoms in total. The Morgan fingerprint density at radius 1 is 0.889 bits per heavy atom. The second kappa shape index (κ2) is 10.2. The quantitative estimate of drug-likeness (QED) is 0.292. The van der Waals surface area contributed by atoms with Gasteiger partial charge in [0.05, 0.1) is 6.61 Å². The molecule has 2 aliphatic rings. The first-order chi connectivity index (χ1) is 17.5. The number of fused-ring (bicyclic) bond motifs is 4. The minimum Gasteiger partial charge on any atom is -0.480 e. The van der Waals surface area contributed by atoms with Gasteiger partial charge in [0.15, 0.2) is 0 Å². The Balaban J connectivity index is 1.55. The van der Waals surface area contributed by atoms with Crippen LogP contribution >= 0.6 is 0 Å². The van der Waals surface area contributed by atoms with E-state index >= 15 is 0 Å². The lowest BCUT2D eigenvalue weighted by Gasteiger charge is -2.27. The third-order valence-electron chi connectivity index (χ3n) is 6.26. The Morgan fingerprint density at radius 3 is 2.08 bits per heavy atom. The summed E-state index contributed by atoms with van der Waals surface area (Å²) in [7, 11) is 0. The maximum absolute atomic E-state index is 12.4. The van der Waals surface area contributed by atoms with Gasteiger partial charge in [-0.25, -0.2) is 0 Å². The van der Waals surface area contributed by atoms with E-state index in [0.29, 0.717) is 11.5 Å². The van der Waals surface area contributed by atoms with Crippen molar-refractivity contribution in [2.75, 3.05) is 6.79 Å². The Morgan fingerprint density at radius 2 is 1.47 bits per heavy atom. The monoisotopic (exact) mass is 481 g/mol. The summed E-state index contributed by atoms with van der Waals surface area (Å²) in [6.07, 6.45) is 0.123. The van der Waals surface area contributed by atoms with Crippen molar-refractivity contribution < 1.29 is 24.2 Å². The van der Waals surface area contributed by atoms with Crippen LogP contribution in [0, 0.1) is 0 Å². The van der Waals surface area contributed by atoms with Crippen LogP contribution in [0.1, 0.15) is 18.1 Å². The molecule has 0 amide bonds. The van der Waals surface area contributed by atoms with E-state index in [1.54, 1.807) is 6.92 Å². The summed E-state index contributed by atoms with van der Waals surface area (Å²) in [4.78, 5) is 18.0. The topological polar surface area (TPSA) is 77.0 Å². The highest BCUT2D eigenvalue weighted by atomic mass is 16.7. The predicted molar refractivity (Wildman–Crippen MR) is 138 cm³/mol. The molecule has 0 radical (unpaired) electrons. The van der Waals surface area contributed by atoms with Crippen molar-refractivity contribution in [3.63, 3.8) is 0 Å². The average Bonchev–Trinajstić information content (AvgIpc) is 3.22. The molecule has 2 N–H and O–H groups in total. The lowest BCUT2D eigenvalue weighted by atomic mass is 9.86. The smallest absolute Gasteiger partial charge is 0.326 e. The highest BCUT2D eigenvalue weighted by molar-refractivity contribution is 5.93. The van der Waals surface area contributed by atoms with E-state index in [4.69, 9.17) is 14.3 Å². The summed E-state index contributed by atoms with van der Waals surface area (Å²) < 4.78 is 12.1. The molecular formula is C30H27NO5. The van der Waals surface area contributed by atoms with Gasteiger partial charge in [0.2, 0.25) is 6.79 Å². The van der Waals surface area contributed by atoms with Gasteiger partial charge in [-0.3, -0.25) is 9.63 Å². The SMILES string of the molecule is C[C@@](Cc1cc2c(-c3ccccc3)c(-c3ccccc3)c1OCO2)(NOCc1ccccc1)C(=O)O. The summed E-state index contributed by atoms with van der Waals surface area (Å²) in [5.41, 5.74) is 6.81. The fraction of sp³-hybridized carbons (Fsp3) is 0.167. The van der Waals surface area contributed by atoms with Crippen LogP contribution in [0.25, 0.3) is 22.3 Å². The van der Waals surface area contributed by atoms with Crippen LogP contribution in [0.15, 0.2) is 97.1 Å². The van der Waals surface area contributed by atoms with Crippen molar-refractivity contribution in [1.29, 1.82) is 0 Å². The molecule has 2 bridgehead atoms. The van der Waals surface area contributed by atoms with Gasteiger partial charge in [-0.15, -0.1) is 0 Å². The van der Waals surface area contributed by atoms with Gasteiger partial charge in [-0.05, 0) is 29.7 Å². The molecule has 0 aromatic heterocycles. The number of carbonyl (C=O) groups is 1. The first-order valence-corrected chi connectivity index (χ1v) is 11.8. The fourth-order valence-electron chi connectivity index (χ4n) is 4.42. The van der Waals surface area contributed by atoms with Crippen molar-refractivity contribution in [3.8, 4) is 33.8 Å². The fourth-order valence-corrected chi connectivity index (χ4v) is 4.42. The number of carboxylic acid groups (broad SMARTS) is 1. The van der Waals surface area contributed by atoms with Gasteiger partial charge in [-0.1, -0.05) is 91.0 Å². The number of carboxylic acids is 1. The van der Waals surface area contributed by atoms with E-state index in [0.717, 1.165) is 33.4 Å². The number of aliphatic carboxylic acids is 1. The number of hydrogen-bond acceptors (Lipinski definition) is 5. The van der Waals surface area contributed by atoms with Crippen LogP contribution in [-0.2, 0) is 22.7 Å². The molecule has 36 heavy (non-hydrogen) atoms. The zero-order valence-corrected chi connectivity index (χ0v) is 19.9. The molecule has 0 unspecified atom stereocenters. The predicted octanol–water partition coefficient (Wildman–Crippen LogP) is 5.86. The van der Waals surface area contributed by atoms with E-state index < -0.39 is 11.5 Å². The van der Waals surface area contributed by atoms with Crippen molar-refractivity contribution in [2.45, 2.75) is 25.5 Å². The number of benzene rings is 4. The van der Waals surface area contributed by atoms with Gasteiger partial charge >= 0.3 is 5.97 Å². The maximum Gasteiger partial charge on any atom is 0.326 e. The van der Waals surface area contributed by atoms with E-state index in [-0.39, 0.29) is 19.8 Å². The number of hydrogen-bond donors (Lipinski definition) is 2. The highest BCUT2D eigenvalue weighted by Crippen LogP contribution is 2.49. The van der Waals surface area contributed by atoms with Crippen LogP contribution in [0.5, 0.6) is 11.5 Å². The zero-order chi connectivity index (χ0) is 25.0. The van der Waals surface area contributed by atoms with Crippen molar-refractivity contribution in [2.24, 2.45) is 0 Å². The normalized spacial score (nSPS) is 13.8. The molecule has 0 spiro atoms. The standard InChI is InChI=1S/C30H27NO5/c1-30(29(32)33,31-36-19-21-11-5-2-6-12-21)18-24-17-25-26(22-13-7-3-8-14-22)27(28(24)35-20-34-25)23-15-9-4-10-16-23/h2-17,31H,18-20H2,1H3,(H,32,33)/t30-/m0/s1. The molecule has 0 saturated carbocycles. The van der Waals surface area contributed by atoms with Crippen LogP contribution in [0.3, 0.4) is 0 Å². The molecule has 2 heterocycles. The number of hydroxylamine groups is 1. The van der Waals surface area contributed by atoms with Gasteiger partial charge < -0.3 is 14.6 Å². The Hall–Kier alpha value is -4.13. The van der Waals surface area contributed by atoms with Crippen molar-refractivity contribution in [1.82, 2.24) is 5.48 Å². The maximum atomic E-state index is 12.4. The molecule has 6 heteroatoms. The lowest BCUT2D eigenvalue weighted by Crippen LogP contribution is -2.51. The molecule has 0 fully saturated rings. The molecule has 0 aliphatic carbocycles. The largest absolute Gasteiger partial charge is 0.480 e. The first kappa shape index (κ1) is 23.6. The van der Waals surface area contributed by atoms with Crippen LogP contribution < -0.4 is 15.0 Å². The minimum atomic E-state index is -1.41. The summed E-state index contributed by atoms with van der Waals surface area (Å²) in [5.74, 6) is 0.226. The summed E-state index contributed by atoms with van der Waals surface area (Å²) >= 11 is 0. The Bertz CT molecular complexity index is 1340. The Labute approximate surface area is 210 Å². The van der Waals surface area contributed by atoms with Gasteiger partial charge in [0.1, 0.15) is 17.0 Å². The Kier molecular flexibility index (Phi) is 6.71. The summed E-state index contributed by atoms with van der Waals surface area (Å²) in [5, 5.41) is 10.1. The molecule has 6 rings (SSSR count). The number of nitrogens with one attached hydrogen (secondary N) is 1. The highest BCUT2D eigenvalue weighted by Gasteiger charge is 2.37. The zero-order valence-electron chi connectivity index (χ0n) is 19.9. The van der Waals surface area contributed by atoms with Gasteiger partial charge in [0, 0.05) is 23.1 Å². The number of ether oxygens (including phenoxy) is 2. The van der Waals surface area contributed by atoms with E-state index in [9.17, 15) is 9.90 Å². The summed E-state index contributed by atoms with van der Waals surface area (Å²) in [6, 6.07) is 31.4. The van der Waals surface area contributed by atoms with Crippen LogP contribution in [0.4, 0.5) is 0 Å². The molecular weight excluding hydrogens is 454 g/mol. The number of rotatable bonds is 9. The molecule has 0 saturated heterocycles. The molecule has 4 aromatic carbocycles. The lowest BCUT2D eigenvalue weighted by molar-refractivity contribution is -0.152. The average molecular weight is 482 g/mol. The van der Waals surface area contributed by atoms with E-state index in [1.165, 1.54) is 0 Å². The van der Waals surface area contributed by atoms with Crippen LogP contribution in [-0.4, -0.2) is 23.4 Å². The third kappa shape index (κ3) is 4.82. The van der Waals surface area contributed by atoms with E-state index in [1.807, 2.05) is 97.1 Å². The van der Waals surface area contributed by atoms with Crippen LogP contribution in [0.2, 0.25) is 0 Å². The molecule has 4 aromatic rings. The second-order valence-electron chi connectivity index (χ2n) is 8.94. The molecule has 2 aliphatic heterocycles.